The van der Waals surface area contributed by atoms with Gasteiger partial charge in [0.15, 0.2) is 0 Å². The summed E-state index contributed by atoms with van der Waals surface area (Å²) in [5, 5.41) is 10.5. The van der Waals surface area contributed by atoms with Crippen LogP contribution in [-0.2, 0) is 0 Å². The van der Waals surface area contributed by atoms with E-state index in [2.05, 4.69) is 24.9 Å². The Balaban J connectivity index is 1.33. The number of hydrogen-bond acceptors (Lipinski definition) is 2. The van der Waals surface area contributed by atoms with Gasteiger partial charge in [0.05, 0.1) is 12.3 Å². The minimum atomic E-state index is -0.230. The van der Waals surface area contributed by atoms with E-state index in [0.717, 1.165) is 30.2 Å². The third-order valence-electron chi connectivity index (χ3n) is 10.5. The third kappa shape index (κ3) is 2.00. The Bertz CT molecular complexity index is 866. The van der Waals surface area contributed by atoms with Crippen LogP contribution in [0.25, 0.3) is 5.57 Å². The number of rotatable bonds is 1. The molecule has 1 aromatic rings. The molecule has 0 radical (unpaired) electrons. The van der Waals surface area contributed by atoms with Crippen LogP contribution in [0.2, 0.25) is 0 Å². The normalized spacial score (nSPS) is 51.4. The van der Waals surface area contributed by atoms with Crippen LogP contribution in [0.5, 0.6) is 0 Å². The second kappa shape index (κ2) is 5.47. The van der Waals surface area contributed by atoms with Gasteiger partial charge < -0.3 is 5.11 Å². The van der Waals surface area contributed by atoms with E-state index in [9.17, 15) is 9.50 Å². The molecule has 5 aliphatic rings. The largest absolute Gasteiger partial charge is 0.393 e. The molecule has 150 valence electrons. The van der Waals surface area contributed by atoms with E-state index in [4.69, 9.17) is 0 Å². The van der Waals surface area contributed by atoms with Crippen LogP contribution in [-0.4, -0.2) is 16.2 Å². The average Bonchev–Trinajstić information content (AvgIpc) is 3.32. The Morgan fingerprint density at radius 1 is 1.04 bits per heavy atom. The van der Waals surface area contributed by atoms with Gasteiger partial charge in [-0.25, -0.2) is 4.39 Å². The highest BCUT2D eigenvalue weighted by Gasteiger charge is 2.73. The minimum Gasteiger partial charge on any atom is -0.393 e. The van der Waals surface area contributed by atoms with Crippen LogP contribution < -0.4 is 0 Å². The molecule has 0 aromatic carbocycles. The molecule has 1 heterocycles. The molecule has 8 atom stereocenters. The Morgan fingerprint density at radius 3 is 2.71 bits per heavy atom. The van der Waals surface area contributed by atoms with E-state index in [1.165, 1.54) is 50.3 Å². The Morgan fingerprint density at radius 2 is 1.89 bits per heavy atom. The zero-order valence-electron chi connectivity index (χ0n) is 17.1. The Hall–Kier alpha value is -1.22. The van der Waals surface area contributed by atoms with Gasteiger partial charge in [-0.1, -0.05) is 19.9 Å². The van der Waals surface area contributed by atoms with Gasteiger partial charge in [0.1, 0.15) is 5.82 Å². The van der Waals surface area contributed by atoms with E-state index in [0.29, 0.717) is 22.7 Å². The van der Waals surface area contributed by atoms with Gasteiger partial charge in [0.2, 0.25) is 0 Å². The first-order valence-electron chi connectivity index (χ1n) is 11.4. The summed E-state index contributed by atoms with van der Waals surface area (Å²) < 4.78 is 13.8. The number of allylic oxidation sites excluding steroid dienone is 2. The maximum Gasteiger partial charge on any atom is 0.142 e. The first-order valence-corrected chi connectivity index (χ1v) is 11.4. The lowest BCUT2D eigenvalue weighted by molar-refractivity contribution is -0.125. The monoisotopic (exact) mass is 381 g/mol. The van der Waals surface area contributed by atoms with Crippen LogP contribution in [0, 0.1) is 45.7 Å². The lowest BCUT2D eigenvalue weighted by Crippen LogP contribution is -2.54. The predicted octanol–water partition coefficient (Wildman–Crippen LogP) is 5.62. The first-order chi connectivity index (χ1) is 13.4. The molecule has 28 heavy (non-hydrogen) atoms. The average molecular weight is 382 g/mol. The molecule has 4 fully saturated rings. The van der Waals surface area contributed by atoms with Crippen molar-refractivity contribution in [1.29, 1.82) is 0 Å². The Kier molecular flexibility index (Phi) is 3.44. The molecule has 0 amide bonds. The predicted molar refractivity (Wildman–Crippen MR) is 108 cm³/mol. The van der Waals surface area contributed by atoms with Crippen molar-refractivity contribution >= 4 is 5.57 Å². The number of halogens is 1. The lowest BCUT2D eigenvalue weighted by Gasteiger charge is -2.61. The fourth-order valence-electron chi connectivity index (χ4n) is 9.00. The summed E-state index contributed by atoms with van der Waals surface area (Å²) in [6, 6.07) is 1.67. The summed E-state index contributed by atoms with van der Waals surface area (Å²) in [6.07, 6.45) is 15.3. The fourth-order valence-corrected chi connectivity index (χ4v) is 9.00. The number of hydrogen-bond donors (Lipinski definition) is 1. The van der Waals surface area contributed by atoms with Gasteiger partial charge >= 0.3 is 0 Å². The second-order valence-electron chi connectivity index (χ2n) is 11.1. The number of aliphatic hydroxyl groups is 1. The smallest absolute Gasteiger partial charge is 0.142 e. The van der Waals surface area contributed by atoms with E-state index in [1.807, 2.05) is 6.20 Å². The molecule has 2 nitrogen and oxygen atoms in total. The fraction of sp³-hybridized carbons (Fsp3) is 0.720. The lowest BCUT2D eigenvalue weighted by atomic mass is 9.43. The molecule has 1 N–H and O–H groups in total. The maximum atomic E-state index is 13.8. The molecule has 4 saturated carbocycles. The summed E-state index contributed by atoms with van der Waals surface area (Å²) in [4.78, 5) is 4.13. The molecular weight excluding hydrogens is 349 g/mol. The van der Waals surface area contributed by atoms with E-state index >= 15 is 0 Å². The zero-order chi connectivity index (χ0) is 19.3. The van der Waals surface area contributed by atoms with Gasteiger partial charge in [0, 0.05) is 6.20 Å². The van der Waals surface area contributed by atoms with Crippen LogP contribution in [0.4, 0.5) is 4.39 Å². The van der Waals surface area contributed by atoms with E-state index in [1.54, 1.807) is 6.07 Å². The van der Waals surface area contributed by atoms with E-state index in [-0.39, 0.29) is 17.3 Å². The standard InChI is InChI=1S/C25H32FNO/c1-23-8-6-20-17(5-10-25-12-21(25)22(28)7-9-24(20,25)2)19(23)4-3-18(23)15-11-16(26)14-27-13-15/h3,11,13-14,17,19-22,28H,4-10,12H2,1-2H3/t17-,19-,20-,21?,22?,23+,24+,25?/m0/s1. The summed E-state index contributed by atoms with van der Waals surface area (Å²) in [7, 11) is 0. The van der Waals surface area contributed by atoms with Crippen LogP contribution in [0.1, 0.15) is 70.8 Å². The second-order valence-corrected chi connectivity index (χ2v) is 11.1. The quantitative estimate of drug-likeness (QED) is 0.685. The van der Waals surface area contributed by atoms with Gasteiger partial charge in [-0.15, -0.1) is 0 Å². The highest BCUT2D eigenvalue weighted by atomic mass is 19.1. The third-order valence-corrected chi connectivity index (χ3v) is 10.5. The van der Waals surface area contributed by atoms with Crippen molar-refractivity contribution in [2.75, 3.05) is 0 Å². The molecule has 3 heteroatoms. The molecule has 1 spiro atoms. The number of pyridine rings is 1. The summed E-state index contributed by atoms with van der Waals surface area (Å²) >= 11 is 0. The summed E-state index contributed by atoms with van der Waals surface area (Å²) in [5.41, 5.74) is 3.36. The molecule has 0 aliphatic heterocycles. The molecule has 0 bridgehead atoms. The summed E-state index contributed by atoms with van der Waals surface area (Å²) in [6.45, 7) is 5.02. The zero-order valence-corrected chi connectivity index (χ0v) is 17.1. The Labute approximate surface area is 167 Å². The first kappa shape index (κ1) is 17.6. The number of fused-ring (bicyclic) bond motifs is 4. The van der Waals surface area contributed by atoms with Crippen LogP contribution in [0.15, 0.2) is 24.5 Å². The van der Waals surface area contributed by atoms with Gasteiger partial charge in [-0.3, -0.25) is 4.98 Å². The van der Waals surface area contributed by atoms with Gasteiger partial charge in [-0.2, -0.15) is 0 Å². The summed E-state index contributed by atoms with van der Waals surface area (Å²) in [5.74, 6) is 2.61. The van der Waals surface area contributed by atoms with Crippen LogP contribution >= 0.6 is 0 Å². The number of nitrogens with zero attached hydrogens (tertiary/aromatic N) is 1. The van der Waals surface area contributed by atoms with Crippen molar-refractivity contribution < 1.29 is 9.50 Å². The molecule has 0 saturated heterocycles. The minimum absolute atomic E-state index is 0.0429. The number of aromatic nitrogens is 1. The van der Waals surface area contributed by atoms with Crippen LogP contribution in [0.3, 0.4) is 0 Å². The maximum absolute atomic E-state index is 13.8. The molecule has 3 unspecified atom stereocenters. The molecule has 1 aromatic heterocycles. The van der Waals surface area contributed by atoms with Crippen molar-refractivity contribution in [2.24, 2.45) is 39.9 Å². The van der Waals surface area contributed by atoms with Crippen molar-refractivity contribution in [3.05, 3.63) is 35.9 Å². The van der Waals surface area contributed by atoms with Gasteiger partial charge in [-0.05, 0) is 108 Å². The molecule has 6 rings (SSSR count). The highest BCUT2D eigenvalue weighted by molar-refractivity contribution is 5.72. The molecular formula is C25H32FNO. The highest BCUT2D eigenvalue weighted by Crippen LogP contribution is 2.79. The van der Waals surface area contributed by atoms with Gasteiger partial charge in [0.25, 0.3) is 0 Å². The number of aliphatic hydroxyl groups excluding tert-OH is 1. The van der Waals surface area contributed by atoms with Crippen molar-refractivity contribution in [3.8, 4) is 0 Å². The topological polar surface area (TPSA) is 33.1 Å². The van der Waals surface area contributed by atoms with Crippen molar-refractivity contribution in [3.63, 3.8) is 0 Å². The van der Waals surface area contributed by atoms with Crippen molar-refractivity contribution in [2.45, 2.75) is 71.3 Å². The van der Waals surface area contributed by atoms with Crippen molar-refractivity contribution in [1.82, 2.24) is 4.98 Å². The van der Waals surface area contributed by atoms with E-state index < -0.39 is 0 Å². The molecule has 5 aliphatic carbocycles. The SMILES string of the molecule is C[C@]12CC[C@H]3[C@@H](CCC45CC4C(O)CC[C@]35C)[C@@H]1CC=C2c1cncc(F)c1.